The fourth-order valence-corrected chi connectivity index (χ4v) is 4.74. The second kappa shape index (κ2) is 10.3. The number of likely N-dealkylation sites (N-methyl/N-ethyl adjacent to an activating group) is 1. The molecule has 0 bridgehead atoms. The number of nitrogens with zero attached hydrogens (tertiary/aromatic N) is 2. The number of nitrogens with one attached hydrogen (secondary N) is 1. The van der Waals surface area contributed by atoms with Gasteiger partial charge in [-0.05, 0) is 29.9 Å². The second-order valence-corrected chi connectivity index (χ2v) is 9.37. The van der Waals surface area contributed by atoms with Gasteiger partial charge in [0.2, 0.25) is 0 Å². The quantitative estimate of drug-likeness (QED) is 0.404. The van der Waals surface area contributed by atoms with Gasteiger partial charge in [-0.3, -0.25) is 4.99 Å². The van der Waals surface area contributed by atoms with E-state index < -0.39 is 9.84 Å². The molecule has 0 aliphatic heterocycles. The van der Waals surface area contributed by atoms with Crippen LogP contribution in [0.2, 0.25) is 0 Å². The summed E-state index contributed by atoms with van der Waals surface area (Å²) in [5.41, 5.74) is 0.838. The van der Waals surface area contributed by atoms with Crippen molar-refractivity contribution in [1.29, 1.82) is 0 Å². The molecule has 7 heteroatoms. The van der Waals surface area contributed by atoms with Gasteiger partial charge in [-0.15, -0.1) is 11.3 Å². The van der Waals surface area contributed by atoms with Crippen molar-refractivity contribution in [2.75, 3.05) is 32.9 Å². The highest BCUT2D eigenvalue weighted by molar-refractivity contribution is 7.90. The average molecular weight is 394 g/mol. The van der Waals surface area contributed by atoms with Crippen LogP contribution in [0.3, 0.4) is 0 Å². The predicted octanol–water partition coefficient (Wildman–Crippen LogP) is 2.80. The summed E-state index contributed by atoms with van der Waals surface area (Å²) in [6, 6.07) is 13.5. The molecule has 2 aromatic rings. The van der Waals surface area contributed by atoms with Crippen molar-refractivity contribution in [3.63, 3.8) is 0 Å². The maximum atomic E-state index is 12.2. The Morgan fingerprint density at radius 1 is 1.19 bits per heavy atom. The molecule has 0 fully saturated rings. The molecular weight excluding hydrogens is 366 g/mol. The number of hydrogen-bond donors (Lipinski definition) is 1. The van der Waals surface area contributed by atoms with Gasteiger partial charge in [0.05, 0.1) is 11.5 Å². The molecule has 0 radical (unpaired) electrons. The Hall–Kier alpha value is -1.86. The third-order valence-electron chi connectivity index (χ3n) is 3.99. The van der Waals surface area contributed by atoms with Crippen molar-refractivity contribution in [1.82, 2.24) is 10.2 Å². The molecule has 5 nitrogen and oxygen atoms in total. The molecule has 0 aliphatic carbocycles. The monoisotopic (exact) mass is 393 g/mol. The van der Waals surface area contributed by atoms with E-state index in [2.05, 4.69) is 32.7 Å². The van der Waals surface area contributed by atoms with Crippen LogP contribution in [0.25, 0.3) is 0 Å². The largest absolute Gasteiger partial charge is 0.356 e. The molecule has 1 N–H and O–H groups in total. The number of hydrogen-bond acceptors (Lipinski definition) is 4. The third kappa shape index (κ3) is 7.17. The number of guanidine groups is 1. The number of thiophene rings is 1. The fraction of sp³-hybridized carbons (Fsp3) is 0.421. The van der Waals surface area contributed by atoms with Crippen LogP contribution < -0.4 is 5.32 Å². The fourth-order valence-electron chi connectivity index (χ4n) is 2.62. The first kappa shape index (κ1) is 20.5. The molecule has 0 aliphatic rings. The van der Waals surface area contributed by atoms with Crippen LogP contribution in [0.15, 0.2) is 52.8 Å². The van der Waals surface area contributed by atoms with Crippen LogP contribution >= 0.6 is 11.3 Å². The van der Waals surface area contributed by atoms with E-state index in [-0.39, 0.29) is 11.5 Å². The van der Waals surface area contributed by atoms with Crippen LogP contribution in [-0.2, 0) is 22.0 Å². The van der Waals surface area contributed by atoms with Crippen molar-refractivity contribution in [3.05, 3.63) is 58.3 Å². The van der Waals surface area contributed by atoms with Gasteiger partial charge in [0, 0.05) is 32.1 Å². The molecule has 0 spiro atoms. The molecule has 1 heterocycles. The van der Waals surface area contributed by atoms with Crippen molar-refractivity contribution in [2.24, 2.45) is 4.99 Å². The summed E-state index contributed by atoms with van der Waals surface area (Å²) in [5.74, 6) is 1.07. The Kier molecular flexibility index (Phi) is 8.12. The lowest BCUT2D eigenvalue weighted by atomic mass is 10.2. The second-order valence-electron chi connectivity index (χ2n) is 6.16. The minimum Gasteiger partial charge on any atom is -0.356 e. The van der Waals surface area contributed by atoms with Crippen LogP contribution in [0.4, 0.5) is 0 Å². The van der Waals surface area contributed by atoms with E-state index in [9.17, 15) is 8.42 Å². The summed E-state index contributed by atoms with van der Waals surface area (Å²) < 4.78 is 24.4. The highest BCUT2D eigenvalue weighted by Gasteiger charge is 2.12. The SMILES string of the molecule is CN=C(NCCCS(=O)(=O)Cc1ccccc1)N(C)CCc1cccs1. The van der Waals surface area contributed by atoms with E-state index in [4.69, 9.17) is 0 Å². The minimum atomic E-state index is -3.09. The standard InChI is InChI=1S/C19H27N3O2S2/c1-20-19(22(2)13-11-18-10-6-14-25-18)21-12-7-15-26(23,24)16-17-8-4-3-5-9-17/h3-6,8-10,14H,7,11-13,15-16H2,1-2H3,(H,20,21). The zero-order valence-electron chi connectivity index (χ0n) is 15.4. The Bertz CT molecular complexity index is 772. The Morgan fingerprint density at radius 3 is 2.62 bits per heavy atom. The Balaban J connectivity index is 1.71. The highest BCUT2D eigenvalue weighted by atomic mass is 32.2. The maximum absolute atomic E-state index is 12.2. The molecule has 0 saturated heterocycles. The summed E-state index contributed by atoms with van der Waals surface area (Å²) in [6.07, 6.45) is 1.53. The van der Waals surface area contributed by atoms with E-state index in [1.807, 2.05) is 37.4 Å². The minimum absolute atomic E-state index is 0.100. The zero-order chi connectivity index (χ0) is 18.8. The van der Waals surface area contributed by atoms with E-state index >= 15 is 0 Å². The molecule has 0 unspecified atom stereocenters. The van der Waals surface area contributed by atoms with Crippen molar-refractivity contribution in [3.8, 4) is 0 Å². The molecule has 1 aromatic carbocycles. The summed E-state index contributed by atoms with van der Waals surface area (Å²) in [5, 5.41) is 5.33. The van der Waals surface area contributed by atoms with Crippen LogP contribution in [0.5, 0.6) is 0 Å². The lowest BCUT2D eigenvalue weighted by molar-refractivity contribution is 0.486. The number of aliphatic imine (C=N–C) groups is 1. The smallest absolute Gasteiger partial charge is 0.193 e. The van der Waals surface area contributed by atoms with Gasteiger partial charge < -0.3 is 10.2 Å². The first-order chi connectivity index (χ1) is 12.5. The summed E-state index contributed by atoms with van der Waals surface area (Å²) >= 11 is 1.76. The van der Waals surface area contributed by atoms with Gasteiger partial charge in [-0.2, -0.15) is 0 Å². The van der Waals surface area contributed by atoms with Gasteiger partial charge in [-0.25, -0.2) is 8.42 Å². The third-order valence-corrected chi connectivity index (χ3v) is 6.61. The first-order valence-corrected chi connectivity index (χ1v) is 11.4. The molecule has 0 atom stereocenters. The van der Waals surface area contributed by atoms with Crippen molar-refractivity contribution in [2.45, 2.75) is 18.6 Å². The Labute approximate surface area is 160 Å². The van der Waals surface area contributed by atoms with Crippen molar-refractivity contribution < 1.29 is 8.42 Å². The van der Waals surface area contributed by atoms with E-state index in [0.29, 0.717) is 13.0 Å². The lowest BCUT2D eigenvalue weighted by Crippen LogP contribution is -2.40. The highest BCUT2D eigenvalue weighted by Crippen LogP contribution is 2.09. The average Bonchev–Trinajstić information content (AvgIpc) is 3.14. The van der Waals surface area contributed by atoms with E-state index in [1.165, 1.54) is 4.88 Å². The Morgan fingerprint density at radius 2 is 1.96 bits per heavy atom. The molecule has 1 aromatic heterocycles. The zero-order valence-corrected chi connectivity index (χ0v) is 17.0. The van der Waals surface area contributed by atoms with Gasteiger partial charge in [0.15, 0.2) is 15.8 Å². The number of sulfone groups is 1. The van der Waals surface area contributed by atoms with Gasteiger partial charge in [0.1, 0.15) is 0 Å². The maximum Gasteiger partial charge on any atom is 0.193 e. The molecule has 2 rings (SSSR count). The van der Waals surface area contributed by atoms with Crippen molar-refractivity contribution >= 4 is 27.1 Å². The normalized spacial score (nSPS) is 12.2. The predicted molar refractivity (Wildman–Crippen MR) is 111 cm³/mol. The summed E-state index contributed by atoms with van der Waals surface area (Å²) in [6.45, 7) is 1.45. The van der Waals surface area contributed by atoms with Gasteiger partial charge >= 0.3 is 0 Å². The molecule has 26 heavy (non-hydrogen) atoms. The topological polar surface area (TPSA) is 61.8 Å². The number of benzene rings is 1. The molecule has 0 saturated carbocycles. The molecule has 142 valence electrons. The molecular formula is C19H27N3O2S2. The lowest BCUT2D eigenvalue weighted by Gasteiger charge is -2.21. The van der Waals surface area contributed by atoms with E-state index in [1.54, 1.807) is 18.4 Å². The van der Waals surface area contributed by atoms with Crippen LogP contribution in [0.1, 0.15) is 16.9 Å². The van der Waals surface area contributed by atoms with Gasteiger partial charge in [-0.1, -0.05) is 36.4 Å². The van der Waals surface area contributed by atoms with Gasteiger partial charge in [0.25, 0.3) is 0 Å². The number of rotatable bonds is 9. The van der Waals surface area contributed by atoms with Crippen LogP contribution in [-0.4, -0.2) is 52.2 Å². The van der Waals surface area contributed by atoms with E-state index in [0.717, 1.165) is 24.5 Å². The molecule has 0 amide bonds. The summed E-state index contributed by atoms with van der Waals surface area (Å²) in [4.78, 5) is 7.69. The van der Waals surface area contributed by atoms with Crippen LogP contribution in [0, 0.1) is 0 Å². The first-order valence-electron chi connectivity index (χ1n) is 8.69. The summed E-state index contributed by atoms with van der Waals surface area (Å²) in [7, 11) is 0.650.